The highest BCUT2D eigenvalue weighted by Gasteiger charge is 2.34. The summed E-state index contributed by atoms with van der Waals surface area (Å²) in [5.41, 5.74) is 1.83. The molecule has 3 aromatic carbocycles. The number of sulfonamides is 1. The highest BCUT2D eigenvalue weighted by atomic mass is 35.5. The van der Waals surface area contributed by atoms with Gasteiger partial charge in [-0.2, -0.15) is 0 Å². The Morgan fingerprint density at radius 1 is 0.927 bits per heavy atom. The molecule has 0 aromatic heterocycles. The first-order chi connectivity index (χ1) is 19.5. The lowest BCUT2D eigenvalue weighted by Gasteiger charge is -2.33. The molecule has 11 heteroatoms. The van der Waals surface area contributed by atoms with Crippen molar-refractivity contribution in [3.63, 3.8) is 0 Å². The number of carbonyl (C=O) groups is 2. The first kappa shape index (κ1) is 31.8. The number of hydrogen-bond donors (Lipinski definition) is 1. The number of nitrogens with zero attached hydrogens (tertiary/aromatic N) is 2. The number of methoxy groups -OCH3 is 2. The van der Waals surface area contributed by atoms with Crippen molar-refractivity contribution < 1.29 is 27.5 Å². The minimum atomic E-state index is -4.21. The molecule has 0 radical (unpaired) electrons. The number of halogens is 1. The largest absolute Gasteiger partial charge is 0.493 e. The number of aryl methyl sites for hydroxylation is 1. The van der Waals surface area contributed by atoms with Crippen molar-refractivity contribution in [2.24, 2.45) is 0 Å². The number of anilines is 1. The van der Waals surface area contributed by atoms with Gasteiger partial charge in [-0.25, -0.2) is 8.42 Å². The van der Waals surface area contributed by atoms with Gasteiger partial charge in [-0.15, -0.1) is 0 Å². The van der Waals surface area contributed by atoms with E-state index in [1.54, 1.807) is 62.4 Å². The number of nitrogens with one attached hydrogen (secondary N) is 1. The lowest BCUT2D eigenvalue weighted by atomic mass is 10.1. The van der Waals surface area contributed by atoms with E-state index in [1.165, 1.54) is 37.3 Å². The van der Waals surface area contributed by atoms with Gasteiger partial charge < -0.3 is 19.7 Å². The molecule has 220 valence electrons. The third-order valence-corrected chi connectivity index (χ3v) is 8.59. The van der Waals surface area contributed by atoms with Crippen LogP contribution in [0.2, 0.25) is 5.02 Å². The Labute approximate surface area is 247 Å². The van der Waals surface area contributed by atoms with Crippen molar-refractivity contribution in [2.75, 3.05) is 31.6 Å². The van der Waals surface area contributed by atoms with Gasteiger partial charge in [0.15, 0.2) is 11.5 Å². The van der Waals surface area contributed by atoms with E-state index in [-0.39, 0.29) is 23.0 Å². The van der Waals surface area contributed by atoms with E-state index in [4.69, 9.17) is 21.1 Å². The first-order valence-electron chi connectivity index (χ1n) is 13.2. The molecule has 0 fully saturated rings. The van der Waals surface area contributed by atoms with Gasteiger partial charge in [0, 0.05) is 24.2 Å². The summed E-state index contributed by atoms with van der Waals surface area (Å²) in [4.78, 5) is 28.5. The summed E-state index contributed by atoms with van der Waals surface area (Å²) in [7, 11) is -1.30. The van der Waals surface area contributed by atoms with Crippen molar-refractivity contribution >= 4 is 39.1 Å². The van der Waals surface area contributed by atoms with E-state index >= 15 is 0 Å². The van der Waals surface area contributed by atoms with Gasteiger partial charge in [0.2, 0.25) is 11.8 Å². The molecule has 0 saturated carbocycles. The molecule has 1 atom stereocenters. The molecule has 1 N–H and O–H groups in total. The lowest BCUT2D eigenvalue weighted by molar-refractivity contribution is -0.140. The topological polar surface area (TPSA) is 105 Å². The standard InChI is InChI=1S/C30H36ClN3O6S/c1-6-26(30(36)32-7-2)33(19-22-10-12-23(31)13-11-22)29(35)20-34(24-14-17-27(39-4)28(18-24)40-5)41(37,38)25-15-8-21(3)9-16-25/h8-18,26H,6-7,19-20H2,1-5H3,(H,32,36). The zero-order valence-electron chi connectivity index (χ0n) is 23.9. The van der Waals surface area contributed by atoms with Gasteiger partial charge in [-0.05, 0) is 62.2 Å². The van der Waals surface area contributed by atoms with Crippen LogP contribution in [0.15, 0.2) is 71.6 Å². The van der Waals surface area contributed by atoms with Crippen LogP contribution in [0.25, 0.3) is 0 Å². The zero-order chi connectivity index (χ0) is 30.2. The maximum absolute atomic E-state index is 14.1. The molecule has 0 bridgehead atoms. The highest BCUT2D eigenvalue weighted by Crippen LogP contribution is 2.34. The van der Waals surface area contributed by atoms with E-state index in [0.717, 1.165) is 15.4 Å². The molecule has 2 amide bonds. The molecule has 0 heterocycles. The molecule has 9 nitrogen and oxygen atoms in total. The quantitative estimate of drug-likeness (QED) is 0.302. The number of ether oxygens (including phenoxy) is 2. The van der Waals surface area contributed by atoms with E-state index in [2.05, 4.69) is 5.32 Å². The normalized spacial score (nSPS) is 11.9. The average molecular weight is 602 g/mol. The van der Waals surface area contributed by atoms with Crippen LogP contribution in [0.4, 0.5) is 5.69 Å². The number of amides is 2. The summed E-state index contributed by atoms with van der Waals surface area (Å²) in [6.07, 6.45) is 0.326. The molecule has 0 spiro atoms. The minimum Gasteiger partial charge on any atom is -0.493 e. The maximum atomic E-state index is 14.1. The summed E-state index contributed by atoms with van der Waals surface area (Å²) < 4.78 is 39.8. The van der Waals surface area contributed by atoms with Crippen LogP contribution in [0.1, 0.15) is 31.4 Å². The highest BCUT2D eigenvalue weighted by molar-refractivity contribution is 7.92. The second-order valence-electron chi connectivity index (χ2n) is 9.33. The van der Waals surface area contributed by atoms with Crippen molar-refractivity contribution in [3.8, 4) is 11.5 Å². The third-order valence-electron chi connectivity index (χ3n) is 6.55. The summed E-state index contributed by atoms with van der Waals surface area (Å²) in [5, 5.41) is 3.32. The second kappa shape index (κ2) is 14.2. The van der Waals surface area contributed by atoms with Crippen molar-refractivity contribution in [3.05, 3.63) is 82.9 Å². The van der Waals surface area contributed by atoms with Gasteiger partial charge in [0.1, 0.15) is 12.6 Å². The third kappa shape index (κ3) is 7.71. The van der Waals surface area contributed by atoms with Crippen LogP contribution in [0, 0.1) is 6.92 Å². The Morgan fingerprint density at radius 3 is 2.12 bits per heavy atom. The molecule has 0 aliphatic heterocycles. The van der Waals surface area contributed by atoms with Crippen LogP contribution in [-0.2, 0) is 26.2 Å². The fourth-order valence-electron chi connectivity index (χ4n) is 4.34. The van der Waals surface area contributed by atoms with Crippen LogP contribution < -0.4 is 19.1 Å². The van der Waals surface area contributed by atoms with E-state index in [9.17, 15) is 18.0 Å². The monoisotopic (exact) mass is 601 g/mol. The molecule has 3 aromatic rings. The van der Waals surface area contributed by atoms with Crippen molar-refractivity contribution in [1.82, 2.24) is 10.2 Å². The van der Waals surface area contributed by atoms with Gasteiger partial charge in [0.05, 0.1) is 24.8 Å². The number of rotatable bonds is 13. The zero-order valence-corrected chi connectivity index (χ0v) is 25.5. The SMILES string of the molecule is CCNC(=O)C(CC)N(Cc1ccc(Cl)cc1)C(=O)CN(c1ccc(OC)c(OC)c1)S(=O)(=O)c1ccc(C)cc1. The van der Waals surface area contributed by atoms with Crippen LogP contribution in [0.3, 0.4) is 0 Å². The summed E-state index contributed by atoms with van der Waals surface area (Å²) in [6, 6.07) is 17.1. The lowest BCUT2D eigenvalue weighted by Crippen LogP contribution is -2.52. The van der Waals surface area contributed by atoms with Crippen LogP contribution >= 0.6 is 11.6 Å². The predicted molar refractivity (Wildman–Crippen MR) is 160 cm³/mol. The maximum Gasteiger partial charge on any atom is 0.264 e. The second-order valence-corrected chi connectivity index (χ2v) is 11.6. The molecular weight excluding hydrogens is 566 g/mol. The number of likely N-dealkylation sites (N-methyl/N-ethyl adjacent to an activating group) is 1. The van der Waals surface area contributed by atoms with Crippen LogP contribution in [0.5, 0.6) is 11.5 Å². The van der Waals surface area contributed by atoms with E-state index in [1.807, 2.05) is 6.92 Å². The Hall–Kier alpha value is -3.76. The van der Waals surface area contributed by atoms with Gasteiger partial charge in [-0.1, -0.05) is 48.4 Å². The molecule has 3 rings (SSSR count). The molecule has 0 saturated heterocycles. The Kier molecular flexibility index (Phi) is 11.0. The molecule has 41 heavy (non-hydrogen) atoms. The summed E-state index contributed by atoms with van der Waals surface area (Å²) in [6.45, 7) is 5.36. The van der Waals surface area contributed by atoms with Gasteiger partial charge in [-0.3, -0.25) is 13.9 Å². The van der Waals surface area contributed by atoms with Crippen LogP contribution in [-0.4, -0.2) is 58.5 Å². The number of hydrogen-bond acceptors (Lipinski definition) is 6. The Morgan fingerprint density at radius 2 is 1.56 bits per heavy atom. The smallest absolute Gasteiger partial charge is 0.264 e. The molecule has 0 aliphatic rings. The molecule has 0 aliphatic carbocycles. The fourth-order valence-corrected chi connectivity index (χ4v) is 5.88. The van der Waals surface area contributed by atoms with E-state index < -0.39 is 28.5 Å². The molecular formula is C30H36ClN3O6S. The van der Waals surface area contributed by atoms with Gasteiger partial charge >= 0.3 is 0 Å². The van der Waals surface area contributed by atoms with E-state index in [0.29, 0.717) is 29.5 Å². The predicted octanol–water partition coefficient (Wildman–Crippen LogP) is 4.80. The first-order valence-corrected chi connectivity index (χ1v) is 15.0. The number of benzene rings is 3. The Balaban J connectivity index is 2.11. The molecule has 1 unspecified atom stereocenters. The fraction of sp³-hybridized carbons (Fsp3) is 0.333. The summed E-state index contributed by atoms with van der Waals surface area (Å²) >= 11 is 6.06. The van der Waals surface area contributed by atoms with Crippen molar-refractivity contribution in [1.29, 1.82) is 0 Å². The summed E-state index contributed by atoms with van der Waals surface area (Å²) in [5.74, 6) is -0.171. The number of carbonyl (C=O) groups excluding carboxylic acids is 2. The van der Waals surface area contributed by atoms with Gasteiger partial charge in [0.25, 0.3) is 10.0 Å². The Bertz CT molecular complexity index is 1450. The average Bonchev–Trinajstić information content (AvgIpc) is 2.96. The minimum absolute atomic E-state index is 0.0192. The van der Waals surface area contributed by atoms with Crippen molar-refractivity contribution in [2.45, 2.75) is 44.7 Å².